The van der Waals surface area contributed by atoms with Crippen LogP contribution in [0.1, 0.15) is 31.4 Å². The quantitative estimate of drug-likeness (QED) is 0.746. The summed E-state index contributed by atoms with van der Waals surface area (Å²) >= 11 is 0. The summed E-state index contributed by atoms with van der Waals surface area (Å²) in [6.45, 7) is 3.89. The molecule has 2 aromatic carbocycles. The van der Waals surface area contributed by atoms with Crippen LogP contribution in [0.3, 0.4) is 0 Å². The van der Waals surface area contributed by atoms with Gasteiger partial charge in [-0.3, -0.25) is 4.79 Å². The molecule has 1 heterocycles. The lowest BCUT2D eigenvalue weighted by atomic mass is 9.80. The average Bonchev–Trinajstić information content (AvgIpc) is 2.67. The van der Waals surface area contributed by atoms with Crippen LogP contribution < -0.4 is 15.4 Å². The molecule has 0 saturated carbocycles. The second-order valence-corrected chi connectivity index (χ2v) is 7.02. The van der Waals surface area contributed by atoms with Crippen molar-refractivity contribution in [1.82, 2.24) is 10.6 Å². The molecule has 3 N–H and O–H groups in total. The van der Waals surface area contributed by atoms with Crippen LogP contribution in [0.15, 0.2) is 54.6 Å². The summed E-state index contributed by atoms with van der Waals surface area (Å²) in [4.78, 5) is 12.5. The highest BCUT2D eigenvalue weighted by atomic mass is 16.5. The molecule has 1 atom stereocenters. The van der Waals surface area contributed by atoms with Gasteiger partial charge in [-0.2, -0.15) is 0 Å². The number of piperidine rings is 1. The number of rotatable bonds is 6. The van der Waals surface area contributed by atoms with Crippen molar-refractivity contribution >= 4 is 5.91 Å². The molecule has 0 aromatic heterocycles. The van der Waals surface area contributed by atoms with Gasteiger partial charge in [-0.25, -0.2) is 0 Å². The van der Waals surface area contributed by atoms with Crippen molar-refractivity contribution in [2.75, 3.05) is 19.6 Å². The summed E-state index contributed by atoms with van der Waals surface area (Å²) in [6.07, 6.45) is 0.855. The number of amides is 1. The minimum atomic E-state index is -0.774. The lowest BCUT2D eigenvalue weighted by molar-refractivity contribution is -0.132. The lowest BCUT2D eigenvalue weighted by Gasteiger charge is -2.32. The van der Waals surface area contributed by atoms with Gasteiger partial charge in [-0.1, -0.05) is 37.3 Å². The summed E-state index contributed by atoms with van der Waals surface area (Å²) in [6, 6.07) is 16.8. The van der Waals surface area contributed by atoms with Gasteiger partial charge in [0.1, 0.15) is 11.5 Å². The molecule has 0 spiro atoms. The second-order valence-electron chi connectivity index (χ2n) is 7.02. The van der Waals surface area contributed by atoms with Crippen molar-refractivity contribution in [3.05, 3.63) is 60.2 Å². The summed E-state index contributed by atoms with van der Waals surface area (Å²) in [5.41, 5.74) is 0.359. The van der Waals surface area contributed by atoms with Crippen LogP contribution in [-0.4, -0.2) is 30.6 Å². The van der Waals surface area contributed by atoms with Crippen LogP contribution in [0.25, 0.3) is 0 Å². The third-order valence-electron chi connectivity index (χ3n) is 4.93. The normalized spacial score (nSPS) is 17.3. The van der Waals surface area contributed by atoms with Crippen molar-refractivity contribution in [3.8, 4) is 11.5 Å². The third kappa shape index (κ3) is 4.62. The van der Waals surface area contributed by atoms with E-state index < -0.39 is 6.10 Å². The van der Waals surface area contributed by atoms with E-state index in [1.54, 1.807) is 6.07 Å². The lowest BCUT2D eigenvalue weighted by Crippen LogP contribution is -2.46. The summed E-state index contributed by atoms with van der Waals surface area (Å²) in [5.74, 6) is 1.41. The Morgan fingerprint density at radius 3 is 2.58 bits per heavy atom. The van der Waals surface area contributed by atoms with Crippen molar-refractivity contribution in [3.63, 3.8) is 0 Å². The fraction of sp³-hybridized carbons (Fsp3) is 0.381. The first-order valence-corrected chi connectivity index (χ1v) is 9.07. The molecular weight excluding hydrogens is 328 g/mol. The summed E-state index contributed by atoms with van der Waals surface area (Å²) in [7, 11) is 0. The predicted octanol–water partition coefficient (Wildman–Crippen LogP) is 3.02. The number of ether oxygens (including phenoxy) is 1. The fourth-order valence-corrected chi connectivity index (χ4v) is 3.14. The number of carbonyl (C=O) groups excluding carboxylic acids is 1. The summed E-state index contributed by atoms with van der Waals surface area (Å²) < 4.78 is 5.80. The number of carbonyl (C=O) groups is 1. The van der Waals surface area contributed by atoms with Gasteiger partial charge < -0.3 is 20.5 Å². The Bertz CT molecular complexity index is 727. The zero-order valence-corrected chi connectivity index (χ0v) is 15.1. The number of hydrogen-bond acceptors (Lipinski definition) is 4. The number of para-hydroxylation sites is 1. The van der Waals surface area contributed by atoms with Gasteiger partial charge in [0.05, 0.1) is 6.10 Å². The standard InChI is InChI=1S/C21H26N2O3/c1-21(10-12-22-13-11-21)20(25)23-15-19(24)16-6-5-9-18(14-16)26-17-7-3-2-4-8-17/h2-9,14,19,22,24H,10-13,15H2,1H3,(H,23,25)/t19-/m0/s1. The molecule has 5 nitrogen and oxygen atoms in total. The number of nitrogens with one attached hydrogen (secondary N) is 2. The minimum Gasteiger partial charge on any atom is -0.457 e. The maximum absolute atomic E-state index is 12.5. The minimum absolute atomic E-state index is 0.00902. The van der Waals surface area contributed by atoms with Crippen molar-refractivity contribution in [1.29, 1.82) is 0 Å². The zero-order valence-electron chi connectivity index (χ0n) is 15.1. The van der Waals surface area contributed by atoms with Crippen LogP contribution in [0, 0.1) is 5.41 Å². The average molecular weight is 354 g/mol. The smallest absolute Gasteiger partial charge is 0.226 e. The molecule has 1 saturated heterocycles. The van der Waals surface area contributed by atoms with E-state index >= 15 is 0 Å². The van der Waals surface area contributed by atoms with E-state index in [4.69, 9.17) is 4.74 Å². The number of hydrogen-bond donors (Lipinski definition) is 3. The molecule has 0 unspecified atom stereocenters. The van der Waals surface area contributed by atoms with Gasteiger partial charge in [0.25, 0.3) is 0 Å². The van der Waals surface area contributed by atoms with E-state index in [1.165, 1.54) is 0 Å². The molecule has 5 heteroatoms. The molecular formula is C21H26N2O3. The van der Waals surface area contributed by atoms with E-state index in [2.05, 4.69) is 10.6 Å². The first-order chi connectivity index (χ1) is 12.6. The van der Waals surface area contributed by atoms with Crippen LogP contribution in [0.5, 0.6) is 11.5 Å². The Kier molecular flexibility index (Phi) is 5.91. The molecule has 0 aliphatic carbocycles. The molecule has 1 aliphatic rings. The first kappa shape index (κ1) is 18.4. The van der Waals surface area contributed by atoms with E-state index in [9.17, 15) is 9.90 Å². The van der Waals surface area contributed by atoms with E-state index in [-0.39, 0.29) is 17.9 Å². The van der Waals surface area contributed by atoms with Crippen molar-refractivity contribution in [2.24, 2.45) is 5.41 Å². The van der Waals surface area contributed by atoms with Crippen LogP contribution >= 0.6 is 0 Å². The molecule has 0 radical (unpaired) electrons. The topological polar surface area (TPSA) is 70.6 Å². The van der Waals surface area contributed by atoms with E-state index in [0.717, 1.165) is 31.7 Å². The van der Waals surface area contributed by atoms with Gasteiger partial charge >= 0.3 is 0 Å². The van der Waals surface area contributed by atoms with Crippen LogP contribution in [0.4, 0.5) is 0 Å². The Morgan fingerprint density at radius 2 is 1.85 bits per heavy atom. The SMILES string of the molecule is CC1(C(=O)NC[C@H](O)c2cccc(Oc3ccccc3)c2)CCNCC1. The monoisotopic (exact) mass is 354 g/mol. The largest absolute Gasteiger partial charge is 0.457 e. The van der Waals surface area contributed by atoms with Gasteiger partial charge in [-0.15, -0.1) is 0 Å². The molecule has 1 amide bonds. The van der Waals surface area contributed by atoms with Crippen LogP contribution in [0.2, 0.25) is 0 Å². The Balaban J connectivity index is 1.58. The van der Waals surface area contributed by atoms with Gasteiger partial charge in [-0.05, 0) is 55.8 Å². The highest BCUT2D eigenvalue weighted by molar-refractivity contribution is 5.82. The zero-order chi connectivity index (χ0) is 18.4. The second kappa shape index (κ2) is 8.34. The Morgan fingerprint density at radius 1 is 1.15 bits per heavy atom. The number of aliphatic hydroxyl groups excluding tert-OH is 1. The molecule has 1 aliphatic heterocycles. The Labute approximate surface area is 154 Å². The van der Waals surface area contributed by atoms with E-state index in [0.29, 0.717) is 11.3 Å². The highest BCUT2D eigenvalue weighted by Crippen LogP contribution is 2.28. The van der Waals surface area contributed by atoms with Crippen molar-refractivity contribution in [2.45, 2.75) is 25.9 Å². The maximum Gasteiger partial charge on any atom is 0.226 e. The number of benzene rings is 2. The number of aliphatic hydroxyl groups is 1. The third-order valence-corrected chi connectivity index (χ3v) is 4.93. The summed E-state index contributed by atoms with van der Waals surface area (Å²) in [5, 5.41) is 16.6. The Hall–Kier alpha value is -2.37. The highest BCUT2D eigenvalue weighted by Gasteiger charge is 2.34. The van der Waals surface area contributed by atoms with Gasteiger partial charge in [0.2, 0.25) is 5.91 Å². The maximum atomic E-state index is 12.5. The fourth-order valence-electron chi connectivity index (χ4n) is 3.14. The molecule has 1 fully saturated rings. The van der Waals surface area contributed by atoms with Crippen molar-refractivity contribution < 1.29 is 14.6 Å². The first-order valence-electron chi connectivity index (χ1n) is 9.07. The predicted molar refractivity (Wildman–Crippen MR) is 101 cm³/mol. The molecule has 3 rings (SSSR count). The molecule has 26 heavy (non-hydrogen) atoms. The van der Waals surface area contributed by atoms with Gasteiger partial charge in [0.15, 0.2) is 0 Å². The molecule has 138 valence electrons. The molecule has 0 bridgehead atoms. The van der Waals surface area contributed by atoms with Crippen LogP contribution in [-0.2, 0) is 4.79 Å². The molecule has 2 aromatic rings. The van der Waals surface area contributed by atoms with E-state index in [1.807, 2.05) is 55.5 Å². The van der Waals surface area contributed by atoms with Gasteiger partial charge in [0, 0.05) is 12.0 Å².